The Labute approximate surface area is 115 Å². The fourth-order valence-corrected chi connectivity index (χ4v) is 2.66. The molecule has 106 valence electrons. The highest BCUT2D eigenvalue weighted by atomic mass is 16.5. The molecule has 5 nitrogen and oxygen atoms in total. The maximum absolute atomic E-state index is 5.25. The molecule has 0 saturated carbocycles. The maximum atomic E-state index is 5.25. The summed E-state index contributed by atoms with van der Waals surface area (Å²) in [6.45, 7) is 9.92. The smallest absolute Gasteiger partial charge is 0.137 e. The van der Waals surface area contributed by atoms with Gasteiger partial charge in [-0.05, 0) is 27.2 Å². The molecule has 0 bridgehead atoms. The van der Waals surface area contributed by atoms with Crippen LogP contribution in [0.15, 0.2) is 0 Å². The Morgan fingerprint density at radius 3 is 2.84 bits per heavy atom. The zero-order valence-electron chi connectivity index (χ0n) is 12.4. The largest absolute Gasteiger partial charge is 0.384 e. The van der Waals surface area contributed by atoms with Gasteiger partial charge < -0.3 is 15.0 Å². The van der Waals surface area contributed by atoms with E-state index in [1.807, 2.05) is 6.92 Å². The van der Waals surface area contributed by atoms with E-state index < -0.39 is 0 Å². The molecule has 19 heavy (non-hydrogen) atoms. The molecule has 0 aliphatic carbocycles. The van der Waals surface area contributed by atoms with Crippen molar-refractivity contribution in [1.82, 2.24) is 9.97 Å². The Balaban J connectivity index is 2.20. The standard InChI is InChI=1S/C14H24N4O/c1-5-15-13-10(2)14(17-11(3)16-13)18-7-6-12(8-18)9-19-4/h12H,5-9H2,1-4H3,(H,15,16,17). The van der Waals surface area contributed by atoms with E-state index in [4.69, 9.17) is 4.74 Å². The van der Waals surface area contributed by atoms with E-state index >= 15 is 0 Å². The van der Waals surface area contributed by atoms with Gasteiger partial charge in [-0.3, -0.25) is 0 Å². The van der Waals surface area contributed by atoms with Crippen LogP contribution in [-0.2, 0) is 4.74 Å². The molecule has 1 aliphatic heterocycles. The average Bonchev–Trinajstić information content (AvgIpc) is 2.82. The molecule has 1 unspecified atom stereocenters. The van der Waals surface area contributed by atoms with E-state index in [1.165, 1.54) is 6.42 Å². The molecule has 1 saturated heterocycles. The van der Waals surface area contributed by atoms with Gasteiger partial charge in [0, 0.05) is 38.2 Å². The third-order valence-electron chi connectivity index (χ3n) is 3.56. The maximum Gasteiger partial charge on any atom is 0.137 e. The summed E-state index contributed by atoms with van der Waals surface area (Å²) >= 11 is 0. The van der Waals surface area contributed by atoms with Crippen molar-refractivity contribution < 1.29 is 4.74 Å². The van der Waals surface area contributed by atoms with Gasteiger partial charge in [0.15, 0.2) is 0 Å². The van der Waals surface area contributed by atoms with Crippen LogP contribution in [0.2, 0.25) is 0 Å². The second-order valence-electron chi connectivity index (χ2n) is 5.15. The van der Waals surface area contributed by atoms with Gasteiger partial charge in [0.05, 0.1) is 6.61 Å². The summed E-state index contributed by atoms with van der Waals surface area (Å²) in [5.41, 5.74) is 1.14. The second-order valence-corrected chi connectivity index (χ2v) is 5.15. The van der Waals surface area contributed by atoms with Gasteiger partial charge in [0.25, 0.3) is 0 Å². The highest BCUT2D eigenvalue weighted by molar-refractivity contribution is 5.59. The zero-order valence-corrected chi connectivity index (χ0v) is 12.4. The van der Waals surface area contributed by atoms with Crippen LogP contribution in [0, 0.1) is 19.8 Å². The predicted molar refractivity (Wildman–Crippen MR) is 77.9 cm³/mol. The van der Waals surface area contributed by atoms with E-state index in [-0.39, 0.29) is 0 Å². The minimum Gasteiger partial charge on any atom is -0.384 e. The third kappa shape index (κ3) is 3.15. The summed E-state index contributed by atoms with van der Waals surface area (Å²) in [7, 11) is 1.77. The fourth-order valence-electron chi connectivity index (χ4n) is 2.66. The second kappa shape index (κ2) is 6.19. The summed E-state index contributed by atoms with van der Waals surface area (Å²) in [5.74, 6) is 3.47. The molecule has 5 heteroatoms. The molecule has 0 aromatic carbocycles. The lowest BCUT2D eigenvalue weighted by Gasteiger charge is -2.21. The van der Waals surface area contributed by atoms with Gasteiger partial charge in [-0.1, -0.05) is 0 Å². The molecule has 1 atom stereocenters. The van der Waals surface area contributed by atoms with Crippen molar-refractivity contribution in [3.05, 3.63) is 11.4 Å². The zero-order chi connectivity index (χ0) is 13.8. The van der Waals surface area contributed by atoms with Crippen molar-refractivity contribution in [2.75, 3.05) is 43.6 Å². The molecule has 2 rings (SSSR count). The number of anilines is 2. The van der Waals surface area contributed by atoms with Gasteiger partial charge in [-0.2, -0.15) is 0 Å². The van der Waals surface area contributed by atoms with Crippen LogP contribution in [0.4, 0.5) is 11.6 Å². The number of rotatable bonds is 5. The van der Waals surface area contributed by atoms with E-state index in [1.54, 1.807) is 7.11 Å². The van der Waals surface area contributed by atoms with Gasteiger partial charge >= 0.3 is 0 Å². The predicted octanol–water partition coefficient (Wildman–Crippen LogP) is 2.00. The number of methoxy groups -OCH3 is 1. The first-order valence-electron chi connectivity index (χ1n) is 6.98. The average molecular weight is 264 g/mol. The van der Waals surface area contributed by atoms with Crippen LogP contribution in [0.3, 0.4) is 0 Å². The van der Waals surface area contributed by atoms with Crippen molar-refractivity contribution in [3.63, 3.8) is 0 Å². The van der Waals surface area contributed by atoms with Crippen LogP contribution in [-0.4, -0.2) is 43.3 Å². The molecule has 1 fully saturated rings. The number of nitrogens with one attached hydrogen (secondary N) is 1. The normalized spacial score (nSPS) is 18.9. The van der Waals surface area contributed by atoms with Crippen molar-refractivity contribution >= 4 is 11.6 Å². The number of hydrogen-bond acceptors (Lipinski definition) is 5. The van der Waals surface area contributed by atoms with Crippen LogP contribution in [0.5, 0.6) is 0 Å². The minimum atomic E-state index is 0.613. The summed E-state index contributed by atoms with van der Waals surface area (Å²) in [6.07, 6.45) is 1.17. The van der Waals surface area contributed by atoms with Gasteiger partial charge in [0.1, 0.15) is 17.5 Å². The van der Waals surface area contributed by atoms with Gasteiger partial charge in [-0.25, -0.2) is 9.97 Å². The SMILES string of the molecule is CCNc1nc(C)nc(N2CCC(COC)C2)c1C. The number of hydrogen-bond donors (Lipinski definition) is 1. The van der Waals surface area contributed by atoms with Crippen LogP contribution >= 0.6 is 0 Å². The van der Waals surface area contributed by atoms with Crippen molar-refractivity contribution in [2.45, 2.75) is 27.2 Å². The Kier molecular flexibility index (Phi) is 4.58. The molecule has 0 amide bonds. The lowest BCUT2D eigenvalue weighted by molar-refractivity contribution is 0.161. The lowest BCUT2D eigenvalue weighted by atomic mass is 10.1. The van der Waals surface area contributed by atoms with Gasteiger partial charge in [0.2, 0.25) is 0 Å². The Morgan fingerprint density at radius 2 is 2.16 bits per heavy atom. The first-order chi connectivity index (χ1) is 9.15. The Hall–Kier alpha value is -1.36. The fraction of sp³-hybridized carbons (Fsp3) is 0.714. The molecular weight excluding hydrogens is 240 g/mol. The van der Waals surface area contributed by atoms with Crippen molar-refractivity contribution in [1.29, 1.82) is 0 Å². The topological polar surface area (TPSA) is 50.3 Å². The van der Waals surface area contributed by atoms with Gasteiger partial charge in [-0.15, -0.1) is 0 Å². The first-order valence-corrected chi connectivity index (χ1v) is 6.98. The van der Waals surface area contributed by atoms with Crippen LogP contribution in [0.25, 0.3) is 0 Å². The molecule has 2 heterocycles. The number of ether oxygens (including phenoxy) is 1. The molecule has 1 aliphatic rings. The molecular formula is C14H24N4O. The third-order valence-corrected chi connectivity index (χ3v) is 3.56. The summed E-state index contributed by atoms with van der Waals surface area (Å²) in [5, 5.41) is 3.31. The Bertz CT molecular complexity index is 436. The quantitative estimate of drug-likeness (QED) is 0.881. The molecule has 1 N–H and O–H groups in total. The molecule has 1 aromatic heterocycles. The molecule has 0 radical (unpaired) electrons. The summed E-state index contributed by atoms with van der Waals surface area (Å²) < 4.78 is 5.25. The van der Waals surface area contributed by atoms with E-state index in [2.05, 4.69) is 34.0 Å². The van der Waals surface area contributed by atoms with E-state index in [0.29, 0.717) is 5.92 Å². The van der Waals surface area contributed by atoms with Crippen molar-refractivity contribution in [2.24, 2.45) is 5.92 Å². The highest BCUT2D eigenvalue weighted by Gasteiger charge is 2.25. The van der Waals surface area contributed by atoms with E-state index in [9.17, 15) is 0 Å². The molecule has 1 aromatic rings. The number of aryl methyl sites for hydroxylation is 1. The number of aromatic nitrogens is 2. The summed E-state index contributed by atoms with van der Waals surface area (Å²) in [6, 6.07) is 0. The lowest BCUT2D eigenvalue weighted by Crippen LogP contribution is -2.24. The van der Waals surface area contributed by atoms with E-state index in [0.717, 1.165) is 49.3 Å². The number of nitrogens with zero attached hydrogens (tertiary/aromatic N) is 3. The monoisotopic (exact) mass is 264 g/mol. The summed E-state index contributed by atoms with van der Waals surface area (Å²) in [4.78, 5) is 11.5. The van der Waals surface area contributed by atoms with Crippen LogP contribution in [0.1, 0.15) is 24.7 Å². The minimum absolute atomic E-state index is 0.613. The first kappa shape index (κ1) is 14.1. The van der Waals surface area contributed by atoms with Crippen LogP contribution < -0.4 is 10.2 Å². The Morgan fingerprint density at radius 1 is 1.37 bits per heavy atom. The van der Waals surface area contributed by atoms with Crippen molar-refractivity contribution in [3.8, 4) is 0 Å². The molecule has 0 spiro atoms. The highest BCUT2D eigenvalue weighted by Crippen LogP contribution is 2.28.